The van der Waals surface area contributed by atoms with Crippen LogP contribution in [0.3, 0.4) is 0 Å². The highest BCUT2D eigenvalue weighted by molar-refractivity contribution is 7.99. The van der Waals surface area contributed by atoms with E-state index in [4.69, 9.17) is 4.74 Å². The molecule has 0 spiro atoms. The van der Waals surface area contributed by atoms with Crippen molar-refractivity contribution in [1.29, 1.82) is 5.26 Å². The van der Waals surface area contributed by atoms with Crippen LogP contribution in [0.1, 0.15) is 23.6 Å². The van der Waals surface area contributed by atoms with E-state index in [1.807, 2.05) is 67.2 Å². The minimum Gasteiger partial charge on any atom is -0.496 e. The second-order valence-electron chi connectivity index (χ2n) is 7.09. The number of thioether (sulfide) groups is 1. The average molecular weight is 422 g/mol. The number of aryl methyl sites for hydroxylation is 1. The van der Waals surface area contributed by atoms with Crippen LogP contribution in [0.4, 0.5) is 5.69 Å². The molecule has 5 nitrogen and oxygen atoms in total. The van der Waals surface area contributed by atoms with Gasteiger partial charge in [-0.25, -0.2) is 0 Å². The third-order valence-electron chi connectivity index (χ3n) is 5.12. The van der Waals surface area contributed by atoms with Gasteiger partial charge in [-0.3, -0.25) is 9.69 Å². The lowest BCUT2D eigenvalue weighted by molar-refractivity contribution is -0.112. The topological polar surface area (TPSA) is 65.4 Å². The van der Waals surface area contributed by atoms with Crippen molar-refractivity contribution in [1.82, 2.24) is 4.90 Å². The van der Waals surface area contributed by atoms with Crippen LogP contribution in [0.25, 0.3) is 6.08 Å². The molecular weight excluding hydrogens is 394 g/mol. The smallest absolute Gasteiger partial charge is 0.266 e. The van der Waals surface area contributed by atoms with Gasteiger partial charge in [0.1, 0.15) is 17.4 Å². The summed E-state index contributed by atoms with van der Waals surface area (Å²) in [5, 5.41) is 12.4. The first-order valence-electron chi connectivity index (χ1n) is 10.1. The summed E-state index contributed by atoms with van der Waals surface area (Å²) in [5.74, 6) is 2.70. The number of carbonyl (C=O) groups is 1. The van der Waals surface area contributed by atoms with E-state index >= 15 is 0 Å². The highest BCUT2D eigenvalue weighted by Crippen LogP contribution is 2.24. The lowest BCUT2D eigenvalue weighted by Crippen LogP contribution is -2.32. The number of carbonyl (C=O) groups excluding carboxylic acids is 1. The number of nitrogens with one attached hydrogen (secondary N) is 1. The number of methoxy groups -OCH3 is 1. The Labute approximate surface area is 182 Å². The van der Waals surface area contributed by atoms with Crippen LogP contribution >= 0.6 is 11.8 Å². The minimum atomic E-state index is -0.399. The first-order chi connectivity index (χ1) is 14.6. The quantitative estimate of drug-likeness (QED) is 0.532. The maximum Gasteiger partial charge on any atom is 0.266 e. The van der Waals surface area contributed by atoms with E-state index in [1.165, 1.54) is 0 Å². The molecule has 1 aliphatic heterocycles. The maximum absolute atomic E-state index is 12.7. The molecule has 0 aromatic heterocycles. The Hall–Kier alpha value is -2.75. The van der Waals surface area contributed by atoms with Crippen LogP contribution < -0.4 is 10.1 Å². The number of nitriles is 1. The Kier molecular flexibility index (Phi) is 7.95. The predicted molar refractivity (Wildman–Crippen MR) is 124 cm³/mol. The van der Waals surface area contributed by atoms with Gasteiger partial charge in [-0.2, -0.15) is 17.0 Å². The number of anilines is 1. The van der Waals surface area contributed by atoms with Crippen LogP contribution in [0.5, 0.6) is 5.75 Å². The van der Waals surface area contributed by atoms with Crippen LogP contribution in [-0.4, -0.2) is 42.5 Å². The molecule has 0 radical (unpaired) electrons. The van der Waals surface area contributed by atoms with Crippen LogP contribution in [0.2, 0.25) is 0 Å². The zero-order chi connectivity index (χ0) is 21.3. The molecule has 1 fully saturated rings. The van der Waals surface area contributed by atoms with Crippen molar-refractivity contribution in [3.8, 4) is 11.8 Å². The molecule has 1 amide bonds. The van der Waals surface area contributed by atoms with Gasteiger partial charge in [0.05, 0.1) is 7.11 Å². The lowest BCUT2D eigenvalue weighted by atomic mass is 10.1. The molecule has 6 heteroatoms. The monoisotopic (exact) mass is 421 g/mol. The van der Waals surface area contributed by atoms with Crippen molar-refractivity contribution in [2.75, 3.05) is 37.0 Å². The first kappa shape index (κ1) is 21.9. The summed E-state index contributed by atoms with van der Waals surface area (Å²) in [5.41, 5.74) is 3.73. The van der Waals surface area contributed by atoms with Gasteiger partial charge in [0, 0.05) is 42.4 Å². The second kappa shape index (κ2) is 10.9. The Balaban J connectivity index is 1.81. The van der Waals surface area contributed by atoms with Gasteiger partial charge in [0.2, 0.25) is 0 Å². The summed E-state index contributed by atoms with van der Waals surface area (Å²) in [7, 11) is 1.67. The zero-order valence-corrected chi connectivity index (χ0v) is 18.3. The van der Waals surface area contributed by atoms with E-state index in [9.17, 15) is 10.1 Å². The molecular formula is C24H27N3O2S. The summed E-state index contributed by atoms with van der Waals surface area (Å²) in [4.78, 5) is 15.1. The van der Waals surface area contributed by atoms with E-state index < -0.39 is 5.91 Å². The normalized spacial score (nSPS) is 14.8. The number of ether oxygens (including phenoxy) is 1. The largest absolute Gasteiger partial charge is 0.496 e. The molecule has 2 aromatic carbocycles. The first-order valence-corrected chi connectivity index (χ1v) is 11.3. The van der Waals surface area contributed by atoms with Crippen LogP contribution in [0.15, 0.2) is 48.0 Å². The Bertz CT molecular complexity index is 959. The fourth-order valence-electron chi connectivity index (χ4n) is 3.47. The van der Waals surface area contributed by atoms with Crippen LogP contribution in [0, 0.1) is 11.3 Å². The Morgan fingerprint density at radius 1 is 1.23 bits per heavy atom. The number of nitrogens with zero attached hydrogens (tertiary/aromatic N) is 2. The molecule has 1 N–H and O–H groups in total. The summed E-state index contributed by atoms with van der Waals surface area (Å²) in [6.45, 7) is 4.93. The van der Waals surface area contributed by atoms with Crippen molar-refractivity contribution < 1.29 is 9.53 Å². The lowest BCUT2D eigenvalue weighted by Gasteiger charge is -2.26. The fraction of sp³-hybridized carbons (Fsp3) is 0.333. The fourth-order valence-corrected chi connectivity index (χ4v) is 4.45. The van der Waals surface area contributed by atoms with Gasteiger partial charge in [-0.15, -0.1) is 0 Å². The molecule has 0 saturated carbocycles. The third-order valence-corrected chi connectivity index (χ3v) is 6.07. The standard InChI is InChI=1S/C24H27N3O2S/c1-3-19-6-4-5-7-22(19)26-24(28)20(16-25)14-18-8-9-23(29-2)21(15-18)17-27-10-12-30-13-11-27/h4-9,14-15H,3,10-13,17H2,1-2H3,(H,26,28)/b20-14+. The Morgan fingerprint density at radius 3 is 2.70 bits per heavy atom. The average Bonchev–Trinajstić information content (AvgIpc) is 2.78. The molecule has 30 heavy (non-hydrogen) atoms. The van der Waals surface area contributed by atoms with Gasteiger partial charge in [-0.1, -0.05) is 31.2 Å². The molecule has 3 rings (SSSR count). The van der Waals surface area contributed by atoms with Gasteiger partial charge in [0.15, 0.2) is 0 Å². The van der Waals surface area contributed by atoms with Crippen molar-refractivity contribution in [3.05, 3.63) is 64.7 Å². The number of amides is 1. The molecule has 0 aliphatic carbocycles. The number of para-hydroxylation sites is 1. The number of rotatable bonds is 7. The van der Waals surface area contributed by atoms with E-state index in [0.717, 1.165) is 65.7 Å². The predicted octanol–water partition coefficient (Wildman–Crippen LogP) is 4.35. The van der Waals surface area contributed by atoms with Gasteiger partial charge < -0.3 is 10.1 Å². The van der Waals surface area contributed by atoms with Crippen molar-refractivity contribution in [2.24, 2.45) is 0 Å². The van der Waals surface area contributed by atoms with E-state index in [-0.39, 0.29) is 5.57 Å². The molecule has 1 heterocycles. The van der Waals surface area contributed by atoms with Gasteiger partial charge in [-0.05, 0) is 41.8 Å². The van der Waals surface area contributed by atoms with Gasteiger partial charge in [0.25, 0.3) is 5.91 Å². The van der Waals surface area contributed by atoms with E-state index in [1.54, 1.807) is 13.2 Å². The number of hydrogen-bond donors (Lipinski definition) is 1. The summed E-state index contributed by atoms with van der Waals surface area (Å²) in [6, 6.07) is 15.5. The molecule has 2 aromatic rings. The molecule has 0 atom stereocenters. The highest BCUT2D eigenvalue weighted by Gasteiger charge is 2.15. The van der Waals surface area contributed by atoms with Crippen LogP contribution in [-0.2, 0) is 17.8 Å². The molecule has 1 aliphatic rings. The second-order valence-corrected chi connectivity index (χ2v) is 8.32. The summed E-state index contributed by atoms with van der Waals surface area (Å²) >= 11 is 1.98. The van der Waals surface area contributed by atoms with Crippen molar-refractivity contribution in [2.45, 2.75) is 19.9 Å². The van der Waals surface area contributed by atoms with E-state index in [2.05, 4.69) is 10.2 Å². The summed E-state index contributed by atoms with van der Waals surface area (Å²) in [6.07, 6.45) is 2.44. The van der Waals surface area contributed by atoms with Gasteiger partial charge >= 0.3 is 0 Å². The third kappa shape index (κ3) is 5.65. The van der Waals surface area contributed by atoms with Crippen molar-refractivity contribution >= 4 is 29.4 Å². The molecule has 1 saturated heterocycles. The molecule has 0 bridgehead atoms. The zero-order valence-electron chi connectivity index (χ0n) is 17.5. The van der Waals surface area contributed by atoms with Crippen molar-refractivity contribution in [3.63, 3.8) is 0 Å². The SMILES string of the molecule is CCc1ccccc1NC(=O)/C(C#N)=C/c1ccc(OC)c(CN2CCSCC2)c1. The summed E-state index contributed by atoms with van der Waals surface area (Å²) < 4.78 is 5.53. The Morgan fingerprint density at radius 2 is 2.00 bits per heavy atom. The number of hydrogen-bond acceptors (Lipinski definition) is 5. The molecule has 156 valence electrons. The van der Waals surface area contributed by atoms with E-state index in [0.29, 0.717) is 0 Å². The minimum absolute atomic E-state index is 0.0754. The maximum atomic E-state index is 12.7. The highest BCUT2D eigenvalue weighted by atomic mass is 32.2. The number of benzene rings is 2. The molecule has 0 unspecified atom stereocenters.